The quantitative estimate of drug-likeness (QED) is 0.560. The van der Waals surface area contributed by atoms with Crippen molar-refractivity contribution in [2.24, 2.45) is 0 Å². The molecule has 2 aromatic carbocycles. The summed E-state index contributed by atoms with van der Waals surface area (Å²) in [5.74, 6) is 0.0447. The lowest BCUT2D eigenvalue weighted by Gasteiger charge is -2.21. The largest absolute Gasteiger partial charge is 0.399 e. The van der Waals surface area contributed by atoms with E-state index in [1.165, 1.54) is 10.6 Å². The minimum Gasteiger partial charge on any atom is -0.399 e. The predicted octanol–water partition coefficient (Wildman–Crippen LogP) is 3.96. The summed E-state index contributed by atoms with van der Waals surface area (Å²) < 4.78 is 0. The number of amides is 1. The van der Waals surface area contributed by atoms with Gasteiger partial charge in [-0.1, -0.05) is 49.4 Å². The minimum atomic E-state index is 0.0447. The molecule has 0 spiro atoms. The van der Waals surface area contributed by atoms with Crippen LogP contribution in [0.4, 0.5) is 5.69 Å². The lowest BCUT2D eigenvalue weighted by atomic mass is 10.1. The topological polar surface area (TPSA) is 55.6 Å². The van der Waals surface area contributed by atoms with E-state index in [2.05, 4.69) is 0 Å². The van der Waals surface area contributed by atoms with Gasteiger partial charge in [0.1, 0.15) is 6.61 Å². The second kappa shape index (κ2) is 9.73. The second-order valence-electron chi connectivity index (χ2n) is 5.85. The molecule has 0 bridgehead atoms. The number of rotatable bonds is 9. The zero-order chi connectivity index (χ0) is 17.2. The zero-order valence-electron chi connectivity index (χ0n) is 14.3. The molecule has 0 saturated heterocycles. The van der Waals surface area contributed by atoms with Gasteiger partial charge >= 0.3 is 0 Å². The molecule has 0 aliphatic rings. The molecule has 0 atom stereocenters. The summed E-state index contributed by atoms with van der Waals surface area (Å²) in [6.45, 7) is 3.08. The van der Waals surface area contributed by atoms with Crippen LogP contribution in [0.2, 0.25) is 0 Å². The fourth-order valence-electron chi connectivity index (χ4n) is 2.44. The first-order valence-corrected chi connectivity index (χ1v) is 8.50. The van der Waals surface area contributed by atoms with Gasteiger partial charge < -0.3 is 5.73 Å². The van der Waals surface area contributed by atoms with Crippen molar-refractivity contribution in [3.8, 4) is 0 Å². The van der Waals surface area contributed by atoms with E-state index in [0.29, 0.717) is 19.6 Å². The fraction of sp³-hybridized carbons (Fsp3) is 0.350. The lowest BCUT2D eigenvalue weighted by molar-refractivity contribution is -0.191. The Morgan fingerprint density at radius 2 is 1.75 bits per heavy atom. The lowest BCUT2D eigenvalue weighted by Crippen LogP contribution is -2.31. The van der Waals surface area contributed by atoms with Crippen LogP contribution in [0.5, 0.6) is 0 Å². The normalized spacial score (nSPS) is 10.5. The fourth-order valence-corrected chi connectivity index (χ4v) is 2.44. The Balaban J connectivity index is 1.78. The van der Waals surface area contributed by atoms with E-state index in [9.17, 15) is 4.79 Å². The minimum absolute atomic E-state index is 0.0447. The highest BCUT2D eigenvalue weighted by atomic mass is 16.7. The zero-order valence-corrected chi connectivity index (χ0v) is 14.3. The Kier molecular flexibility index (Phi) is 7.30. The first kappa shape index (κ1) is 18.0. The van der Waals surface area contributed by atoms with Crippen molar-refractivity contribution in [3.63, 3.8) is 0 Å². The SMILES string of the molecule is CCCN(OCc1ccccc1)C(=O)CCCc1ccc(N)cc1. The van der Waals surface area contributed by atoms with Crippen LogP contribution in [0.25, 0.3) is 0 Å². The molecular weight excluding hydrogens is 300 g/mol. The van der Waals surface area contributed by atoms with Crippen molar-refractivity contribution < 1.29 is 9.63 Å². The summed E-state index contributed by atoms with van der Waals surface area (Å²) in [6.07, 6.45) is 3.03. The molecule has 0 radical (unpaired) electrons. The Labute approximate surface area is 144 Å². The van der Waals surface area contributed by atoms with E-state index in [0.717, 1.165) is 30.5 Å². The summed E-state index contributed by atoms with van der Waals surface area (Å²) >= 11 is 0. The number of anilines is 1. The summed E-state index contributed by atoms with van der Waals surface area (Å²) in [5.41, 5.74) is 8.70. The van der Waals surface area contributed by atoms with Crippen molar-refractivity contribution in [2.75, 3.05) is 12.3 Å². The first-order valence-electron chi connectivity index (χ1n) is 8.50. The highest BCUT2D eigenvalue weighted by Crippen LogP contribution is 2.11. The van der Waals surface area contributed by atoms with Gasteiger partial charge in [-0.2, -0.15) is 0 Å². The molecule has 0 aliphatic carbocycles. The maximum absolute atomic E-state index is 12.4. The number of carbonyl (C=O) groups is 1. The predicted molar refractivity (Wildman–Crippen MR) is 97.0 cm³/mol. The molecule has 0 unspecified atom stereocenters. The molecule has 1 amide bonds. The number of nitrogens with zero attached hydrogens (tertiary/aromatic N) is 1. The third-order valence-corrected chi connectivity index (χ3v) is 3.77. The molecule has 0 aromatic heterocycles. The van der Waals surface area contributed by atoms with Gasteiger partial charge in [-0.25, -0.2) is 5.06 Å². The van der Waals surface area contributed by atoms with Crippen molar-refractivity contribution in [2.45, 2.75) is 39.2 Å². The molecule has 0 heterocycles. The van der Waals surface area contributed by atoms with Gasteiger partial charge in [0.2, 0.25) is 5.91 Å². The van der Waals surface area contributed by atoms with Crippen LogP contribution in [0, 0.1) is 0 Å². The third-order valence-electron chi connectivity index (χ3n) is 3.77. The molecule has 128 valence electrons. The molecule has 0 aliphatic heterocycles. The molecule has 2 N–H and O–H groups in total. The molecular formula is C20H26N2O2. The average Bonchev–Trinajstić information content (AvgIpc) is 2.61. The van der Waals surface area contributed by atoms with Gasteiger partial charge in [0.05, 0.1) is 0 Å². The number of aryl methyl sites for hydroxylation is 1. The van der Waals surface area contributed by atoms with E-state index in [-0.39, 0.29) is 5.91 Å². The average molecular weight is 326 g/mol. The Morgan fingerprint density at radius 3 is 2.42 bits per heavy atom. The molecule has 24 heavy (non-hydrogen) atoms. The van der Waals surface area contributed by atoms with Crippen LogP contribution >= 0.6 is 0 Å². The molecule has 2 rings (SSSR count). The summed E-state index contributed by atoms with van der Waals surface area (Å²) in [5, 5.41) is 1.51. The van der Waals surface area contributed by atoms with Crippen molar-refractivity contribution in [1.29, 1.82) is 0 Å². The number of hydroxylamine groups is 2. The van der Waals surface area contributed by atoms with Crippen LogP contribution in [0.15, 0.2) is 54.6 Å². The molecule has 4 nitrogen and oxygen atoms in total. The van der Waals surface area contributed by atoms with E-state index in [1.54, 1.807) is 0 Å². The Bertz CT molecular complexity index is 611. The van der Waals surface area contributed by atoms with Crippen molar-refractivity contribution >= 4 is 11.6 Å². The maximum atomic E-state index is 12.4. The number of hydrogen-bond acceptors (Lipinski definition) is 3. The summed E-state index contributed by atoms with van der Waals surface area (Å²) in [4.78, 5) is 18.1. The third kappa shape index (κ3) is 6.05. The molecule has 0 saturated carbocycles. The standard InChI is InChI=1S/C20H26N2O2/c1-2-15-22(24-16-18-7-4-3-5-8-18)20(23)10-6-9-17-11-13-19(21)14-12-17/h3-5,7-8,11-14H,2,6,9-10,15-16,21H2,1H3. The Morgan fingerprint density at radius 1 is 1.04 bits per heavy atom. The van der Waals surface area contributed by atoms with Gasteiger partial charge in [-0.15, -0.1) is 0 Å². The highest BCUT2D eigenvalue weighted by Gasteiger charge is 2.13. The van der Waals surface area contributed by atoms with Gasteiger partial charge in [0.25, 0.3) is 0 Å². The second-order valence-corrected chi connectivity index (χ2v) is 5.85. The maximum Gasteiger partial charge on any atom is 0.246 e. The number of benzene rings is 2. The summed E-state index contributed by atoms with van der Waals surface area (Å²) in [6, 6.07) is 17.7. The Hall–Kier alpha value is -2.33. The summed E-state index contributed by atoms with van der Waals surface area (Å²) in [7, 11) is 0. The molecule has 0 fully saturated rings. The molecule has 4 heteroatoms. The number of nitrogen functional groups attached to an aromatic ring is 1. The van der Waals surface area contributed by atoms with Crippen LogP contribution in [-0.4, -0.2) is 17.5 Å². The van der Waals surface area contributed by atoms with Crippen LogP contribution in [-0.2, 0) is 22.7 Å². The van der Waals surface area contributed by atoms with E-state index < -0.39 is 0 Å². The first-order chi connectivity index (χ1) is 11.7. The van der Waals surface area contributed by atoms with Crippen molar-refractivity contribution in [1.82, 2.24) is 5.06 Å². The van der Waals surface area contributed by atoms with Gasteiger partial charge in [-0.3, -0.25) is 9.63 Å². The van der Waals surface area contributed by atoms with Gasteiger partial charge in [0, 0.05) is 18.7 Å². The van der Waals surface area contributed by atoms with E-state index in [1.807, 2.05) is 61.5 Å². The monoisotopic (exact) mass is 326 g/mol. The number of carbonyl (C=O) groups excluding carboxylic acids is 1. The van der Waals surface area contributed by atoms with Crippen LogP contribution in [0.1, 0.15) is 37.3 Å². The van der Waals surface area contributed by atoms with Gasteiger partial charge in [-0.05, 0) is 42.5 Å². The van der Waals surface area contributed by atoms with Crippen molar-refractivity contribution in [3.05, 3.63) is 65.7 Å². The van der Waals surface area contributed by atoms with E-state index in [4.69, 9.17) is 10.6 Å². The molecule has 2 aromatic rings. The number of hydrogen-bond donors (Lipinski definition) is 1. The highest BCUT2D eigenvalue weighted by molar-refractivity contribution is 5.75. The van der Waals surface area contributed by atoms with Gasteiger partial charge in [0.15, 0.2) is 0 Å². The number of nitrogens with two attached hydrogens (primary N) is 1. The smallest absolute Gasteiger partial charge is 0.246 e. The van der Waals surface area contributed by atoms with Crippen LogP contribution in [0.3, 0.4) is 0 Å². The van der Waals surface area contributed by atoms with Crippen LogP contribution < -0.4 is 5.73 Å². The van der Waals surface area contributed by atoms with E-state index >= 15 is 0 Å².